The highest BCUT2D eigenvalue weighted by Gasteiger charge is 1.99. The first-order valence-electron chi connectivity index (χ1n) is 3.50. The Kier molecular flexibility index (Phi) is 2.06. The van der Waals surface area contributed by atoms with Crippen molar-refractivity contribution in [1.82, 2.24) is 9.55 Å². The van der Waals surface area contributed by atoms with Gasteiger partial charge in [-0.05, 0) is 13.8 Å². The minimum atomic E-state index is 0.529. The van der Waals surface area contributed by atoms with Gasteiger partial charge in [0.25, 0.3) is 0 Å². The quantitative estimate of drug-likeness (QED) is 0.654. The number of aromatic nitrogens is 2. The summed E-state index contributed by atoms with van der Waals surface area (Å²) < 4.78 is 2.06. The third-order valence-electron chi connectivity index (χ3n) is 1.50. The average molecular weight is 139 g/mol. The molecule has 56 valence electrons. The van der Waals surface area contributed by atoms with E-state index in [0.29, 0.717) is 6.54 Å². The molecule has 0 bridgehead atoms. The highest BCUT2D eigenvalue weighted by Crippen LogP contribution is 2.00. The SMILES string of the molecule is CCn1cc(C)nc1CN. The fourth-order valence-corrected chi connectivity index (χ4v) is 1.03. The van der Waals surface area contributed by atoms with Gasteiger partial charge >= 0.3 is 0 Å². The average Bonchev–Trinajstić information content (AvgIpc) is 2.30. The topological polar surface area (TPSA) is 43.8 Å². The minimum Gasteiger partial charge on any atom is -0.334 e. The van der Waals surface area contributed by atoms with E-state index in [0.717, 1.165) is 18.1 Å². The molecular formula is C7H13N3. The van der Waals surface area contributed by atoms with Crippen molar-refractivity contribution in [3.63, 3.8) is 0 Å². The van der Waals surface area contributed by atoms with Gasteiger partial charge in [-0.3, -0.25) is 0 Å². The van der Waals surface area contributed by atoms with E-state index in [1.807, 2.05) is 13.1 Å². The molecule has 0 saturated heterocycles. The van der Waals surface area contributed by atoms with E-state index in [1.54, 1.807) is 0 Å². The molecule has 0 unspecified atom stereocenters. The van der Waals surface area contributed by atoms with Gasteiger partial charge in [0.1, 0.15) is 5.82 Å². The molecule has 0 aromatic carbocycles. The van der Waals surface area contributed by atoms with Crippen LogP contribution in [0.2, 0.25) is 0 Å². The van der Waals surface area contributed by atoms with Crippen LogP contribution in [0.25, 0.3) is 0 Å². The molecule has 0 aliphatic rings. The Morgan fingerprint density at radius 1 is 1.70 bits per heavy atom. The lowest BCUT2D eigenvalue weighted by molar-refractivity contribution is 0.698. The zero-order valence-electron chi connectivity index (χ0n) is 6.46. The van der Waals surface area contributed by atoms with Crippen LogP contribution in [0.1, 0.15) is 18.4 Å². The van der Waals surface area contributed by atoms with Gasteiger partial charge < -0.3 is 10.3 Å². The van der Waals surface area contributed by atoms with Crippen molar-refractivity contribution in [2.45, 2.75) is 26.9 Å². The molecule has 1 heterocycles. The molecular weight excluding hydrogens is 126 g/mol. The van der Waals surface area contributed by atoms with Crippen molar-refractivity contribution in [1.29, 1.82) is 0 Å². The number of hydrogen-bond acceptors (Lipinski definition) is 2. The number of hydrogen-bond donors (Lipinski definition) is 1. The molecule has 0 atom stereocenters. The maximum absolute atomic E-state index is 5.46. The van der Waals surface area contributed by atoms with Crippen molar-refractivity contribution in [3.05, 3.63) is 17.7 Å². The van der Waals surface area contributed by atoms with E-state index in [-0.39, 0.29) is 0 Å². The molecule has 10 heavy (non-hydrogen) atoms. The zero-order valence-corrected chi connectivity index (χ0v) is 6.46. The Morgan fingerprint density at radius 3 is 2.80 bits per heavy atom. The Balaban J connectivity index is 2.96. The maximum Gasteiger partial charge on any atom is 0.122 e. The molecule has 0 aliphatic carbocycles. The predicted molar refractivity (Wildman–Crippen MR) is 40.5 cm³/mol. The van der Waals surface area contributed by atoms with E-state index in [2.05, 4.69) is 16.5 Å². The van der Waals surface area contributed by atoms with E-state index in [1.165, 1.54) is 0 Å². The number of aryl methyl sites for hydroxylation is 2. The van der Waals surface area contributed by atoms with Gasteiger partial charge in [-0.15, -0.1) is 0 Å². The van der Waals surface area contributed by atoms with Crippen LogP contribution in [0.3, 0.4) is 0 Å². The van der Waals surface area contributed by atoms with Crippen molar-refractivity contribution < 1.29 is 0 Å². The normalized spacial score (nSPS) is 10.3. The smallest absolute Gasteiger partial charge is 0.122 e. The molecule has 0 saturated carbocycles. The summed E-state index contributed by atoms with van der Waals surface area (Å²) in [5.41, 5.74) is 6.50. The highest BCUT2D eigenvalue weighted by molar-refractivity contribution is 5.01. The third-order valence-corrected chi connectivity index (χ3v) is 1.50. The van der Waals surface area contributed by atoms with Gasteiger partial charge in [0, 0.05) is 12.7 Å². The number of nitrogens with zero attached hydrogens (tertiary/aromatic N) is 2. The lowest BCUT2D eigenvalue weighted by atomic mass is 10.5. The van der Waals surface area contributed by atoms with E-state index in [4.69, 9.17) is 5.73 Å². The van der Waals surface area contributed by atoms with E-state index in [9.17, 15) is 0 Å². The first kappa shape index (κ1) is 7.28. The van der Waals surface area contributed by atoms with Crippen molar-refractivity contribution in [2.75, 3.05) is 0 Å². The second-order valence-corrected chi connectivity index (χ2v) is 2.29. The van der Waals surface area contributed by atoms with E-state index < -0.39 is 0 Å². The fraction of sp³-hybridized carbons (Fsp3) is 0.571. The summed E-state index contributed by atoms with van der Waals surface area (Å²) in [7, 11) is 0. The van der Waals surface area contributed by atoms with Crippen LogP contribution in [0, 0.1) is 6.92 Å². The van der Waals surface area contributed by atoms with Crippen LogP contribution in [-0.4, -0.2) is 9.55 Å². The summed E-state index contributed by atoms with van der Waals surface area (Å²) in [6.07, 6.45) is 2.02. The monoisotopic (exact) mass is 139 g/mol. The molecule has 3 nitrogen and oxygen atoms in total. The highest BCUT2D eigenvalue weighted by atomic mass is 15.1. The maximum atomic E-state index is 5.46. The van der Waals surface area contributed by atoms with Gasteiger partial charge in [-0.25, -0.2) is 4.98 Å². The molecule has 1 aromatic heterocycles. The number of nitrogens with two attached hydrogens (primary N) is 1. The standard InChI is InChI=1S/C7H13N3/c1-3-10-5-6(2)9-7(10)4-8/h5H,3-4,8H2,1-2H3. The second-order valence-electron chi connectivity index (χ2n) is 2.29. The summed E-state index contributed by atoms with van der Waals surface area (Å²) in [5, 5.41) is 0. The third kappa shape index (κ3) is 1.19. The molecule has 1 aromatic rings. The van der Waals surface area contributed by atoms with Crippen LogP contribution in [0.5, 0.6) is 0 Å². The first-order chi connectivity index (χ1) is 4.77. The molecule has 0 radical (unpaired) electrons. The molecule has 0 spiro atoms. The summed E-state index contributed by atoms with van der Waals surface area (Å²) in [6.45, 7) is 5.54. The lowest BCUT2D eigenvalue weighted by Crippen LogP contribution is -2.06. The van der Waals surface area contributed by atoms with Crippen LogP contribution in [0.4, 0.5) is 0 Å². The molecule has 0 amide bonds. The number of imidazole rings is 1. The minimum absolute atomic E-state index is 0.529. The van der Waals surface area contributed by atoms with Crippen molar-refractivity contribution >= 4 is 0 Å². The fourth-order valence-electron chi connectivity index (χ4n) is 1.03. The van der Waals surface area contributed by atoms with E-state index >= 15 is 0 Å². The zero-order chi connectivity index (χ0) is 7.56. The van der Waals surface area contributed by atoms with Crippen LogP contribution < -0.4 is 5.73 Å². The summed E-state index contributed by atoms with van der Waals surface area (Å²) in [5.74, 6) is 0.972. The van der Waals surface area contributed by atoms with Crippen LogP contribution in [0.15, 0.2) is 6.20 Å². The largest absolute Gasteiger partial charge is 0.334 e. The molecule has 3 heteroatoms. The Hall–Kier alpha value is -0.830. The molecule has 2 N–H and O–H groups in total. The van der Waals surface area contributed by atoms with Gasteiger partial charge in [0.2, 0.25) is 0 Å². The van der Waals surface area contributed by atoms with Gasteiger partial charge in [0.15, 0.2) is 0 Å². The molecule has 1 rings (SSSR count). The molecule has 0 aliphatic heterocycles. The van der Waals surface area contributed by atoms with Crippen LogP contribution >= 0.6 is 0 Å². The summed E-state index contributed by atoms with van der Waals surface area (Å²) >= 11 is 0. The molecule has 0 fully saturated rings. The predicted octanol–water partition coefficient (Wildman–Crippen LogP) is 0.670. The Morgan fingerprint density at radius 2 is 2.40 bits per heavy atom. The van der Waals surface area contributed by atoms with Crippen molar-refractivity contribution in [2.24, 2.45) is 5.73 Å². The van der Waals surface area contributed by atoms with Gasteiger partial charge in [-0.1, -0.05) is 0 Å². The summed E-state index contributed by atoms with van der Waals surface area (Å²) in [6, 6.07) is 0. The van der Waals surface area contributed by atoms with Gasteiger partial charge in [-0.2, -0.15) is 0 Å². The Bertz CT molecular complexity index is 193. The number of rotatable bonds is 2. The Labute approximate surface area is 60.9 Å². The van der Waals surface area contributed by atoms with Gasteiger partial charge in [0.05, 0.1) is 12.2 Å². The summed E-state index contributed by atoms with van der Waals surface area (Å²) in [4.78, 5) is 4.24. The first-order valence-corrected chi connectivity index (χ1v) is 3.50. The van der Waals surface area contributed by atoms with Crippen LogP contribution in [-0.2, 0) is 13.1 Å². The lowest BCUT2D eigenvalue weighted by Gasteiger charge is -1.98. The van der Waals surface area contributed by atoms with Crippen molar-refractivity contribution in [3.8, 4) is 0 Å². The second kappa shape index (κ2) is 2.84.